The van der Waals surface area contributed by atoms with E-state index in [1.165, 1.54) is 34.7 Å². The first-order chi connectivity index (χ1) is 8.43. The smallest absolute Gasteiger partial charge is 0.0345 e. The molecule has 1 atom stereocenters. The van der Waals surface area contributed by atoms with Crippen molar-refractivity contribution < 1.29 is 0 Å². The second-order valence-electron chi connectivity index (χ2n) is 4.61. The summed E-state index contributed by atoms with van der Waals surface area (Å²) in [5.41, 5.74) is 1.34. The maximum absolute atomic E-state index is 3.49. The fourth-order valence-electron chi connectivity index (χ4n) is 2.42. The van der Waals surface area contributed by atoms with Gasteiger partial charge in [-0.15, -0.1) is 11.3 Å². The highest BCUT2D eigenvalue weighted by atomic mass is 32.1. The standard InChI is InChI=1S/C15H17NS/c1-2-5-12(6-3-1)14-8-9-15(17-14)13-7-4-10-16-11-13/h1-3,5-6,8-9,13,16H,4,7,10-11H2. The van der Waals surface area contributed by atoms with Gasteiger partial charge in [-0.2, -0.15) is 0 Å². The molecule has 1 saturated heterocycles. The second-order valence-corrected chi connectivity index (χ2v) is 5.73. The van der Waals surface area contributed by atoms with Crippen molar-refractivity contribution in [3.63, 3.8) is 0 Å². The molecule has 2 heterocycles. The van der Waals surface area contributed by atoms with E-state index in [1.54, 1.807) is 0 Å². The van der Waals surface area contributed by atoms with Gasteiger partial charge in [-0.1, -0.05) is 30.3 Å². The van der Waals surface area contributed by atoms with Crippen LogP contribution in [0.4, 0.5) is 0 Å². The van der Waals surface area contributed by atoms with Crippen LogP contribution in [-0.4, -0.2) is 13.1 Å². The summed E-state index contributed by atoms with van der Waals surface area (Å²) in [5, 5.41) is 3.49. The summed E-state index contributed by atoms with van der Waals surface area (Å²) in [6.07, 6.45) is 2.64. The second kappa shape index (κ2) is 5.03. The van der Waals surface area contributed by atoms with Gasteiger partial charge in [0.25, 0.3) is 0 Å². The molecule has 1 N–H and O–H groups in total. The molecule has 0 amide bonds. The molecule has 1 aromatic carbocycles. The van der Waals surface area contributed by atoms with Gasteiger partial charge in [0.15, 0.2) is 0 Å². The lowest BCUT2D eigenvalue weighted by atomic mass is 9.98. The van der Waals surface area contributed by atoms with E-state index >= 15 is 0 Å². The molecule has 17 heavy (non-hydrogen) atoms. The monoisotopic (exact) mass is 243 g/mol. The van der Waals surface area contributed by atoms with Crippen LogP contribution in [0.5, 0.6) is 0 Å². The third-order valence-corrected chi connectivity index (χ3v) is 4.68. The SMILES string of the molecule is c1ccc(-c2ccc(C3CCCNC3)s2)cc1. The zero-order valence-electron chi connectivity index (χ0n) is 9.86. The molecular weight excluding hydrogens is 226 g/mol. The summed E-state index contributed by atoms with van der Waals surface area (Å²) >= 11 is 1.95. The van der Waals surface area contributed by atoms with E-state index in [0.29, 0.717) is 0 Å². The minimum atomic E-state index is 0.728. The quantitative estimate of drug-likeness (QED) is 0.844. The number of hydrogen-bond donors (Lipinski definition) is 1. The third-order valence-electron chi connectivity index (χ3n) is 3.38. The van der Waals surface area contributed by atoms with Crippen molar-refractivity contribution >= 4 is 11.3 Å². The Kier molecular flexibility index (Phi) is 3.25. The highest BCUT2D eigenvalue weighted by Crippen LogP contribution is 2.34. The topological polar surface area (TPSA) is 12.0 Å². The van der Waals surface area contributed by atoms with Crippen LogP contribution in [0, 0.1) is 0 Å². The Bertz CT molecular complexity index is 469. The Hall–Kier alpha value is -1.12. The van der Waals surface area contributed by atoms with Gasteiger partial charge < -0.3 is 5.32 Å². The van der Waals surface area contributed by atoms with Crippen LogP contribution in [0.15, 0.2) is 42.5 Å². The largest absolute Gasteiger partial charge is 0.316 e. The van der Waals surface area contributed by atoms with Crippen LogP contribution < -0.4 is 5.32 Å². The predicted octanol–water partition coefficient (Wildman–Crippen LogP) is 3.88. The van der Waals surface area contributed by atoms with Crippen LogP contribution in [-0.2, 0) is 0 Å². The van der Waals surface area contributed by atoms with Crippen LogP contribution in [0.2, 0.25) is 0 Å². The molecule has 3 rings (SSSR count). The lowest BCUT2D eigenvalue weighted by molar-refractivity contribution is 0.466. The van der Waals surface area contributed by atoms with E-state index in [4.69, 9.17) is 0 Å². The van der Waals surface area contributed by atoms with Crippen molar-refractivity contribution in [2.75, 3.05) is 13.1 Å². The molecule has 88 valence electrons. The van der Waals surface area contributed by atoms with E-state index in [0.717, 1.165) is 12.5 Å². The molecule has 1 aromatic heterocycles. The molecule has 0 saturated carbocycles. The van der Waals surface area contributed by atoms with Gasteiger partial charge >= 0.3 is 0 Å². The molecule has 2 heteroatoms. The Morgan fingerprint density at radius 2 is 1.94 bits per heavy atom. The van der Waals surface area contributed by atoms with E-state index in [2.05, 4.69) is 47.8 Å². The Labute approximate surface area is 106 Å². The lowest BCUT2D eigenvalue weighted by Crippen LogP contribution is -2.27. The lowest BCUT2D eigenvalue weighted by Gasteiger charge is -2.21. The molecule has 1 aliphatic heterocycles. The van der Waals surface area contributed by atoms with Gasteiger partial charge in [-0.25, -0.2) is 0 Å². The van der Waals surface area contributed by atoms with Gasteiger partial charge in [0.2, 0.25) is 0 Å². The van der Waals surface area contributed by atoms with Gasteiger partial charge in [-0.3, -0.25) is 0 Å². The maximum atomic E-state index is 3.49. The number of hydrogen-bond acceptors (Lipinski definition) is 2. The summed E-state index contributed by atoms with van der Waals surface area (Å²) in [7, 11) is 0. The van der Waals surface area contributed by atoms with Crippen molar-refractivity contribution in [3.05, 3.63) is 47.3 Å². The molecule has 2 aromatic rings. The minimum absolute atomic E-state index is 0.728. The Morgan fingerprint density at radius 3 is 2.71 bits per heavy atom. The normalized spacial score (nSPS) is 20.4. The van der Waals surface area contributed by atoms with Crippen molar-refractivity contribution in [3.8, 4) is 10.4 Å². The number of benzene rings is 1. The summed E-state index contributed by atoms with van der Waals surface area (Å²) in [6, 6.07) is 15.2. The average Bonchev–Trinajstić information content (AvgIpc) is 2.90. The molecule has 1 unspecified atom stereocenters. The first-order valence-electron chi connectivity index (χ1n) is 6.29. The zero-order chi connectivity index (χ0) is 11.5. The van der Waals surface area contributed by atoms with Gasteiger partial charge in [0.05, 0.1) is 0 Å². The molecule has 0 spiro atoms. The van der Waals surface area contributed by atoms with E-state index in [9.17, 15) is 0 Å². The zero-order valence-corrected chi connectivity index (χ0v) is 10.7. The van der Waals surface area contributed by atoms with Crippen LogP contribution in [0.25, 0.3) is 10.4 Å². The summed E-state index contributed by atoms with van der Waals surface area (Å²) in [4.78, 5) is 2.93. The number of nitrogens with one attached hydrogen (secondary N) is 1. The first-order valence-corrected chi connectivity index (χ1v) is 7.11. The van der Waals surface area contributed by atoms with E-state index in [1.807, 2.05) is 11.3 Å². The summed E-state index contributed by atoms with van der Waals surface area (Å²) < 4.78 is 0. The molecule has 0 aliphatic carbocycles. The molecular formula is C15H17NS. The molecule has 0 radical (unpaired) electrons. The van der Waals surface area contributed by atoms with Crippen molar-refractivity contribution in [2.24, 2.45) is 0 Å². The highest BCUT2D eigenvalue weighted by Gasteiger charge is 2.16. The van der Waals surface area contributed by atoms with Gasteiger partial charge in [0, 0.05) is 22.2 Å². The Balaban J connectivity index is 1.83. The minimum Gasteiger partial charge on any atom is -0.316 e. The van der Waals surface area contributed by atoms with E-state index < -0.39 is 0 Å². The molecule has 1 nitrogen and oxygen atoms in total. The van der Waals surface area contributed by atoms with Crippen LogP contribution in [0.3, 0.4) is 0 Å². The number of thiophene rings is 1. The Morgan fingerprint density at radius 1 is 1.06 bits per heavy atom. The van der Waals surface area contributed by atoms with Gasteiger partial charge in [-0.05, 0) is 37.1 Å². The summed E-state index contributed by atoms with van der Waals surface area (Å²) in [6.45, 7) is 2.34. The predicted molar refractivity (Wildman–Crippen MR) is 74.6 cm³/mol. The maximum Gasteiger partial charge on any atom is 0.0345 e. The fraction of sp³-hybridized carbons (Fsp3) is 0.333. The summed E-state index contributed by atoms with van der Waals surface area (Å²) in [5.74, 6) is 0.728. The average molecular weight is 243 g/mol. The van der Waals surface area contributed by atoms with Crippen LogP contribution >= 0.6 is 11.3 Å². The third kappa shape index (κ3) is 2.43. The van der Waals surface area contributed by atoms with E-state index in [-0.39, 0.29) is 0 Å². The molecule has 1 aliphatic rings. The van der Waals surface area contributed by atoms with Crippen molar-refractivity contribution in [1.29, 1.82) is 0 Å². The highest BCUT2D eigenvalue weighted by molar-refractivity contribution is 7.15. The van der Waals surface area contributed by atoms with Crippen molar-refractivity contribution in [1.82, 2.24) is 5.32 Å². The first kappa shape index (κ1) is 11.0. The molecule has 0 bridgehead atoms. The van der Waals surface area contributed by atoms with Crippen LogP contribution in [0.1, 0.15) is 23.6 Å². The van der Waals surface area contributed by atoms with Gasteiger partial charge in [0.1, 0.15) is 0 Å². The number of rotatable bonds is 2. The molecule has 1 fully saturated rings. The fourth-order valence-corrected chi connectivity index (χ4v) is 3.57. The van der Waals surface area contributed by atoms with Crippen molar-refractivity contribution in [2.45, 2.75) is 18.8 Å². The number of piperidine rings is 1.